The Morgan fingerprint density at radius 1 is 1.30 bits per heavy atom. The zero-order chi connectivity index (χ0) is 16.3. The van der Waals surface area contributed by atoms with Crippen molar-refractivity contribution in [3.63, 3.8) is 0 Å². The maximum atomic E-state index is 13.6. The molecule has 0 spiro atoms. The van der Waals surface area contributed by atoms with E-state index in [0.29, 0.717) is 18.9 Å². The monoisotopic (exact) mass is 339 g/mol. The van der Waals surface area contributed by atoms with Crippen LogP contribution in [-0.4, -0.2) is 31.4 Å². The van der Waals surface area contributed by atoms with Crippen molar-refractivity contribution < 1.29 is 17.5 Å². The Bertz CT molecular complexity index is 770. The third-order valence-corrected chi connectivity index (χ3v) is 4.98. The van der Waals surface area contributed by atoms with Crippen molar-refractivity contribution in [3.05, 3.63) is 48.0 Å². The highest BCUT2D eigenvalue weighted by Gasteiger charge is 2.19. The first kappa shape index (κ1) is 15.9. The lowest BCUT2D eigenvalue weighted by atomic mass is 10.1. The van der Waals surface area contributed by atoms with Crippen LogP contribution in [0, 0.1) is 5.82 Å². The molecule has 0 aliphatic carbocycles. The number of sulfonamides is 1. The quantitative estimate of drug-likeness (QED) is 0.907. The lowest BCUT2D eigenvalue weighted by Gasteiger charge is -2.22. The second-order valence-corrected chi connectivity index (χ2v) is 7.23. The number of rotatable bonds is 5. The number of anilines is 1. The number of nitrogens with zero attached hydrogens (tertiary/aromatic N) is 2. The first-order valence-corrected chi connectivity index (χ1v) is 9.04. The van der Waals surface area contributed by atoms with Gasteiger partial charge in [-0.2, -0.15) is 5.10 Å². The van der Waals surface area contributed by atoms with Gasteiger partial charge in [0.25, 0.3) is 0 Å². The van der Waals surface area contributed by atoms with Crippen LogP contribution < -0.4 is 4.72 Å². The highest BCUT2D eigenvalue weighted by Crippen LogP contribution is 2.22. The van der Waals surface area contributed by atoms with Gasteiger partial charge in [0, 0.05) is 25.0 Å². The van der Waals surface area contributed by atoms with Gasteiger partial charge < -0.3 is 4.74 Å². The highest BCUT2D eigenvalue weighted by molar-refractivity contribution is 7.91. The fraction of sp³-hybridized carbons (Fsp3) is 0.400. The van der Waals surface area contributed by atoms with Crippen LogP contribution in [0.1, 0.15) is 24.4 Å². The molecule has 0 bridgehead atoms. The molecule has 1 N–H and O–H groups in total. The summed E-state index contributed by atoms with van der Waals surface area (Å²) in [6, 6.07) is 6.05. The zero-order valence-corrected chi connectivity index (χ0v) is 13.3. The van der Waals surface area contributed by atoms with Crippen molar-refractivity contribution in [1.29, 1.82) is 0 Å². The molecule has 23 heavy (non-hydrogen) atoms. The average Bonchev–Trinajstić information content (AvgIpc) is 2.98. The largest absolute Gasteiger partial charge is 0.381 e. The molecule has 6 nitrogen and oxygen atoms in total. The Morgan fingerprint density at radius 3 is 2.78 bits per heavy atom. The van der Waals surface area contributed by atoms with Gasteiger partial charge in [-0.1, -0.05) is 18.2 Å². The number of ether oxygens (including phenoxy) is 1. The van der Waals surface area contributed by atoms with Crippen molar-refractivity contribution >= 4 is 15.7 Å². The zero-order valence-electron chi connectivity index (χ0n) is 12.5. The van der Waals surface area contributed by atoms with Gasteiger partial charge in [-0.25, -0.2) is 12.8 Å². The molecular weight excluding hydrogens is 321 g/mol. The van der Waals surface area contributed by atoms with Crippen molar-refractivity contribution in [2.75, 3.05) is 17.9 Å². The molecule has 2 aromatic rings. The van der Waals surface area contributed by atoms with Crippen LogP contribution in [0.3, 0.4) is 0 Å². The standard InChI is InChI=1S/C15H18FN3O3S/c16-15-4-2-1-3-12(15)11-23(20,21)18-13-9-17-19(10-13)14-5-7-22-8-6-14/h1-4,9-10,14,18H,5-8,11H2. The second-order valence-electron chi connectivity index (χ2n) is 5.51. The molecule has 0 saturated carbocycles. The summed E-state index contributed by atoms with van der Waals surface area (Å²) in [4.78, 5) is 0. The van der Waals surface area contributed by atoms with Crippen LogP contribution in [-0.2, 0) is 20.5 Å². The van der Waals surface area contributed by atoms with E-state index in [-0.39, 0.29) is 11.6 Å². The number of halogens is 1. The Balaban J connectivity index is 1.68. The second kappa shape index (κ2) is 6.67. The van der Waals surface area contributed by atoms with Gasteiger partial charge in [0.2, 0.25) is 10.0 Å². The Morgan fingerprint density at radius 2 is 2.04 bits per heavy atom. The van der Waals surface area contributed by atoms with Gasteiger partial charge in [0.15, 0.2) is 0 Å². The Hall–Kier alpha value is -1.93. The van der Waals surface area contributed by atoms with Crippen LogP contribution >= 0.6 is 0 Å². The van der Waals surface area contributed by atoms with E-state index in [0.717, 1.165) is 12.8 Å². The molecule has 1 aromatic heterocycles. The van der Waals surface area contributed by atoms with Crippen LogP contribution in [0.5, 0.6) is 0 Å². The van der Waals surface area contributed by atoms with Gasteiger partial charge in [0.05, 0.1) is 23.7 Å². The van der Waals surface area contributed by atoms with E-state index >= 15 is 0 Å². The molecule has 1 aliphatic heterocycles. The maximum absolute atomic E-state index is 13.6. The fourth-order valence-electron chi connectivity index (χ4n) is 2.58. The average molecular weight is 339 g/mol. The lowest BCUT2D eigenvalue weighted by Crippen LogP contribution is -2.20. The molecule has 0 radical (unpaired) electrons. The highest BCUT2D eigenvalue weighted by atomic mass is 32.2. The van der Waals surface area contributed by atoms with E-state index in [9.17, 15) is 12.8 Å². The summed E-state index contributed by atoms with van der Waals surface area (Å²) in [7, 11) is -3.70. The molecule has 1 aromatic carbocycles. The summed E-state index contributed by atoms with van der Waals surface area (Å²) >= 11 is 0. The predicted molar refractivity (Wildman–Crippen MR) is 84.0 cm³/mol. The van der Waals surface area contributed by atoms with E-state index in [1.165, 1.54) is 24.4 Å². The van der Waals surface area contributed by atoms with Crippen LogP contribution in [0.2, 0.25) is 0 Å². The van der Waals surface area contributed by atoms with E-state index in [4.69, 9.17) is 4.74 Å². The first-order chi connectivity index (χ1) is 11.0. The summed E-state index contributed by atoms with van der Waals surface area (Å²) in [6.07, 6.45) is 4.83. The molecule has 124 valence electrons. The van der Waals surface area contributed by atoms with Crippen molar-refractivity contribution in [3.8, 4) is 0 Å². The van der Waals surface area contributed by atoms with Crippen molar-refractivity contribution in [2.45, 2.75) is 24.6 Å². The van der Waals surface area contributed by atoms with E-state index in [1.807, 2.05) is 0 Å². The molecule has 0 atom stereocenters. The normalized spacial score (nSPS) is 16.4. The summed E-state index contributed by atoms with van der Waals surface area (Å²) in [5.74, 6) is -0.946. The minimum atomic E-state index is -3.70. The molecule has 1 aliphatic rings. The third-order valence-electron chi connectivity index (χ3n) is 3.74. The molecule has 1 fully saturated rings. The minimum absolute atomic E-state index is 0.136. The van der Waals surface area contributed by atoms with Gasteiger partial charge in [0.1, 0.15) is 5.82 Å². The maximum Gasteiger partial charge on any atom is 0.237 e. The SMILES string of the molecule is O=S(=O)(Cc1ccccc1F)Nc1cnn(C2CCOCC2)c1. The van der Waals surface area contributed by atoms with E-state index in [1.54, 1.807) is 16.9 Å². The number of hydrogen-bond donors (Lipinski definition) is 1. The molecular formula is C15H18FN3O3S. The molecule has 2 heterocycles. The number of benzene rings is 1. The van der Waals surface area contributed by atoms with Crippen molar-refractivity contribution in [1.82, 2.24) is 9.78 Å². The molecule has 0 amide bonds. The van der Waals surface area contributed by atoms with Crippen LogP contribution in [0.15, 0.2) is 36.7 Å². The first-order valence-electron chi connectivity index (χ1n) is 7.39. The molecule has 3 rings (SSSR count). The smallest absolute Gasteiger partial charge is 0.237 e. The predicted octanol–water partition coefficient (Wildman–Crippen LogP) is 2.32. The molecule has 8 heteroatoms. The van der Waals surface area contributed by atoms with Gasteiger partial charge >= 0.3 is 0 Å². The van der Waals surface area contributed by atoms with Crippen LogP contribution in [0.4, 0.5) is 10.1 Å². The van der Waals surface area contributed by atoms with Crippen molar-refractivity contribution in [2.24, 2.45) is 0 Å². The summed E-state index contributed by atoms with van der Waals surface area (Å²) in [5.41, 5.74) is 0.518. The number of nitrogens with one attached hydrogen (secondary N) is 1. The Kier molecular flexibility index (Phi) is 4.63. The summed E-state index contributed by atoms with van der Waals surface area (Å²) < 4.78 is 47.4. The fourth-order valence-corrected chi connectivity index (χ4v) is 3.76. The minimum Gasteiger partial charge on any atom is -0.381 e. The summed E-state index contributed by atoms with van der Waals surface area (Å²) in [5, 5.41) is 4.21. The van der Waals surface area contributed by atoms with E-state index < -0.39 is 21.6 Å². The number of hydrogen-bond acceptors (Lipinski definition) is 4. The lowest BCUT2D eigenvalue weighted by molar-refractivity contribution is 0.0662. The van der Waals surface area contributed by atoms with Gasteiger partial charge in [-0.3, -0.25) is 9.40 Å². The summed E-state index contributed by atoms with van der Waals surface area (Å²) in [6.45, 7) is 1.36. The molecule has 0 unspecified atom stereocenters. The number of aromatic nitrogens is 2. The van der Waals surface area contributed by atoms with Gasteiger partial charge in [-0.05, 0) is 18.9 Å². The van der Waals surface area contributed by atoms with Gasteiger partial charge in [-0.15, -0.1) is 0 Å². The molecule has 1 saturated heterocycles. The van der Waals surface area contributed by atoms with E-state index in [2.05, 4.69) is 9.82 Å². The topological polar surface area (TPSA) is 73.2 Å². The van der Waals surface area contributed by atoms with Crippen LogP contribution in [0.25, 0.3) is 0 Å². The third kappa shape index (κ3) is 4.08. The Labute approximate surface area is 134 Å².